The molecular formula is C12H15ClN4OS. The Bertz CT molecular complexity index is 553. The van der Waals surface area contributed by atoms with E-state index in [1.165, 1.54) is 11.3 Å². The fourth-order valence-electron chi connectivity index (χ4n) is 1.32. The van der Waals surface area contributed by atoms with E-state index in [1.807, 2.05) is 13.8 Å². The smallest absolute Gasteiger partial charge is 0.257 e. The largest absolute Gasteiger partial charge is 0.399 e. The summed E-state index contributed by atoms with van der Waals surface area (Å²) in [5.74, 6) is 0.103. The molecular weight excluding hydrogens is 284 g/mol. The van der Waals surface area contributed by atoms with E-state index in [4.69, 9.17) is 5.73 Å². The van der Waals surface area contributed by atoms with Gasteiger partial charge < -0.3 is 5.73 Å². The van der Waals surface area contributed by atoms with Crippen molar-refractivity contribution in [1.29, 1.82) is 0 Å². The van der Waals surface area contributed by atoms with Crippen LogP contribution < -0.4 is 11.1 Å². The van der Waals surface area contributed by atoms with Crippen LogP contribution in [0.5, 0.6) is 0 Å². The minimum atomic E-state index is -0.207. The predicted molar refractivity (Wildman–Crippen MR) is 80.1 cm³/mol. The second kappa shape index (κ2) is 6.49. The first-order valence-electron chi connectivity index (χ1n) is 5.56. The Balaban J connectivity index is 0.00000180. The number of nitrogens with zero attached hydrogens (tertiary/aromatic N) is 2. The maximum atomic E-state index is 11.9. The molecule has 7 heteroatoms. The van der Waals surface area contributed by atoms with Gasteiger partial charge in [0, 0.05) is 17.2 Å². The minimum absolute atomic E-state index is 0. The van der Waals surface area contributed by atoms with E-state index in [9.17, 15) is 4.79 Å². The maximum absolute atomic E-state index is 11.9. The summed E-state index contributed by atoms with van der Waals surface area (Å²) in [6.45, 7) is 4.07. The first kappa shape index (κ1) is 15.4. The third-order valence-electron chi connectivity index (χ3n) is 2.33. The van der Waals surface area contributed by atoms with Crippen LogP contribution >= 0.6 is 23.7 Å². The number of nitrogen functional groups attached to an aromatic ring is 1. The highest BCUT2D eigenvalue weighted by atomic mass is 35.5. The third kappa shape index (κ3) is 3.90. The molecule has 1 heterocycles. The van der Waals surface area contributed by atoms with Crippen molar-refractivity contribution in [3.63, 3.8) is 0 Å². The molecule has 0 fully saturated rings. The normalized spacial score (nSPS) is 10.1. The Morgan fingerprint density at radius 3 is 2.42 bits per heavy atom. The Kier molecular flexibility index (Phi) is 5.26. The summed E-state index contributed by atoms with van der Waals surface area (Å²) in [4.78, 5) is 11.9. The van der Waals surface area contributed by atoms with Crippen molar-refractivity contribution >= 4 is 40.5 Å². The summed E-state index contributed by atoms with van der Waals surface area (Å²) in [6, 6.07) is 6.73. The lowest BCUT2D eigenvalue weighted by atomic mass is 10.2. The van der Waals surface area contributed by atoms with Crippen LogP contribution in [0, 0.1) is 0 Å². The van der Waals surface area contributed by atoms with Gasteiger partial charge in [-0.2, -0.15) is 0 Å². The highest BCUT2D eigenvalue weighted by Gasteiger charge is 2.11. The fourth-order valence-corrected chi connectivity index (χ4v) is 2.06. The predicted octanol–water partition coefficient (Wildman–Crippen LogP) is 2.92. The molecule has 0 spiro atoms. The van der Waals surface area contributed by atoms with Gasteiger partial charge in [0.1, 0.15) is 5.01 Å². The van der Waals surface area contributed by atoms with E-state index in [0.717, 1.165) is 5.01 Å². The number of hydrogen-bond donors (Lipinski definition) is 2. The van der Waals surface area contributed by atoms with Crippen LogP contribution in [0.2, 0.25) is 0 Å². The van der Waals surface area contributed by atoms with E-state index in [-0.39, 0.29) is 18.3 Å². The molecule has 1 amide bonds. The van der Waals surface area contributed by atoms with Crippen molar-refractivity contribution in [2.24, 2.45) is 0 Å². The van der Waals surface area contributed by atoms with Gasteiger partial charge in [-0.15, -0.1) is 22.6 Å². The van der Waals surface area contributed by atoms with Crippen LogP contribution in [-0.2, 0) is 0 Å². The summed E-state index contributed by atoms with van der Waals surface area (Å²) in [5.41, 5.74) is 6.74. The van der Waals surface area contributed by atoms with E-state index in [1.54, 1.807) is 24.3 Å². The molecule has 0 saturated heterocycles. The number of carbonyl (C=O) groups excluding carboxylic acids is 1. The SMILES string of the molecule is CC(C)c1nnc(NC(=O)c2ccc(N)cc2)s1.Cl. The molecule has 0 unspecified atom stereocenters. The number of nitrogens with two attached hydrogens (primary N) is 1. The second-order valence-electron chi connectivity index (χ2n) is 4.18. The molecule has 3 N–H and O–H groups in total. The number of carbonyl (C=O) groups is 1. The molecule has 0 aliphatic heterocycles. The van der Waals surface area contributed by atoms with E-state index in [0.29, 0.717) is 22.3 Å². The molecule has 1 aromatic heterocycles. The van der Waals surface area contributed by atoms with Gasteiger partial charge in [-0.3, -0.25) is 10.1 Å². The Labute approximate surface area is 121 Å². The Hall–Kier alpha value is -1.66. The van der Waals surface area contributed by atoms with Gasteiger partial charge in [0.25, 0.3) is 5.91 Å². The van der Waals surface area contributed by atoms with Crippen LogP contribution in [0.15, 0.2) is 24.3 Å². The number of nitrogens with one attached hydrogen (secondary N) is 1. The topological polar surface area (TPSA) is 80.9 Å². The lowest BCUT2D eigenvalue weighted by Gasteiger charge is -2.01. The van der Waals surface area contributed by atoms with Crippen LogP contribution in [0.1, 0.15) is 35.1 Å². The van der Waals surface area contributed by atoms with E-state index < -0.39 is 0 Å². The molecule has 0 aliphatic carbocycles. The van der Waals surface area contributed by atoms with Crippen molar-refractivity contribution in [3.05, 3.63) is 34.8 Å². The maximum Gasteiger partial charge on any atom is 0.257 e. The second-order valence-corrected chi connectivity index (χ2v) is 5.19. The number of aromatic nitrogens is 2. The lowest BCUT2D eigenvalue weighted by Crippen LogP contribution is -2.11. The van der Waals surface area contributed by atoms with Crippen LogP contribution in [0.3, 0.4) is 0 Å². The molecule has 2 rings (SSSR count). The van der Waals surface area contributed by atoms with E-state index in [2.05, 4.69) is 15.5 Å². The number of anilines is 2. The van der Waals surface area contributed by atoms with Gasteiger partial charge in [-0.05, 0) is 24.3 Å². The van der Waals surface area contributed by atoms with Crippen molar-refractivity contribution in [2.45, 2.75) is 19.8 Å². The zero-order valence-electron chi connectivity index (χ0n) is 10.6. The van der Waals surface area contributed by atoms with Gasteiger partial charge in [0.2, 0.25) is 5.13 Å². The molecule has 5 nitrogen and oxygen atoms in total. The first-order chi connectivity index (χ1) is 8.56. The quantitative estimate of drug-likeness (QED) is 0.854. The van der Waals surface area contributed by atoms with Crippen molar-refractivity contribution in [3.8, 4) is 0 Å². The average molecular weight is 299 g/mol. The van der Waals surface area contributed by atoms with E-state index >= 15 is 0 Å². The van der Waals surface area contributed by atoms with Crippen molar-refractivity contribution in [1.82, 2.24) is 10.2 Å². The third-order valence-corrected chi connectivity index (χ3v) is 3.47. The van der Waals surface area contributed by atoms with Crippen LogP contribution in [0.25, 0.3) is 0 Å². The average Bonchev–Trinajstić information content (AvgIpc) is 2.78. The number of hydrogen-bond acceptors (Lipinski definition) is 5. The van der Waals surface area contributed by atoms with Gasteiger partial charge in [0.15, 0.2) is 0 Å². The molecule has 0 atom stereocenters. The van der Waals surface area contributed by atoms with Gasteiger partial charge >= 0.3 is 0 Å². The van der Waals surface area contributed by atoms with Gasteiger partial charge in [-0.25, -0.2) is 0 Å². The fraction of sp³-hybridized carbons (Fsp3) is 0.250. The lowest BCUT2D eigenvalue weighted by molar-refractivity contribution is 0.102. The number of benzene rings is 1. The van der Waals surface area contributed by atoms with Gasteiger partial charge in [-0.1, -0.05) is 25.2 Å². The summed E-state index contributed by atoms with van der Waals surface area (Å²) < 4.78 is 0. The Morgan fingerprint density at radius 1 is 1.26 bits per heavy atom. The summed E-state index contributed by atoms with van der Waals surface area (Å²) in [5, 5.41) is 12.1. The zero-order valence-corrected chi connectivity index (χ0v) is 12.2. The molecule has 19 heavy (non-hydrogen) atoms. The molecule has 1 aromatic carbocycles. The first-order valence-corrected chi connectivity index (χ1v) is 6.38. The molecule has 0 bridgehead atoms. The standard InChI is InChI=1S/C12H14N4OS.ClH/c1-7(2)11-15-16-12(18-11)14-10(17)8-3-5-9(13)6-4-8;/h3-7H,13H2,1-2H3,(H,14,16,17);1H. The number of amides is 1. The molecule has 0 aliphatic rings. The molecule has 2 aromatic rings. The number of rotatable bonds is 3. The Morgan fingerprint density at radius 2 is 1.89 bits per heavy atom. The van der Waals surface area contributed by atoms with Crippen LogP contribution in [0.4, 0.5) is 10.8 Å². The number of halogens is 1. The molecule has 102 valence electrons. The zero-order chi connectivity index (χ0) is 13.1. The summed E-state index contributed by atoms with van der Waals surface area (Å²) in [6.07, 6.45) is 0. The highest BCUT2D eigenvalue weighted by molar-refractivity contribution is 7.15. The van der Waals surface area contributed by atoms with Crippen LogP contribution in [-0.4, -0.2) is 16.1 Å². The van der Waals surface area contributed by atoms with Gasteiger partial charge in [0.05, 0.1) is 0 Å². The minimum Gasteiger partial charge on any atom is -0.399 e. The molecule has 0 radical (unpaired) electrons. The monoisotopic (exact) mass is 298 g/mol. The summed E-state index contributed by atoms with van der Waals surface area (Å²) >= 11 is 1.39. The van der Waals surface area contributed by atoms with Crippen molar-refractivity contribution < 1.29 is 4.79 Å². The highest BCUT2D eigenvalue weighted by Crippen LogP contribution is 2.22. The summed E-state index contributed by atoms with van der Waals surface area (Å²) in [7, 11) is 0. The molecule has 0 saturated carbocycles. The van der Waals surface area contributed by atoms with Crippen molar-refractivity contribution in [2.75, 3.05) is 11.1 Å².